The molecule has 0 bridgehead atoms. The molecule has 4 nitrogen and oxygen atoms in total. The number of hydrogen-bond acceptors (Lipinski definition) is 3. The van der Waals surface area contributed by atoms with Gasteiger partial charge in [-0.1, -0.05) is 24.3 Å². The first kappa shape index (κ1) is 14.5. The van der Waals surface area contributed by atoms with Gasteiger partial charge in [0.15, 0.2) is 0 Å². The molecule has 2 aliphatic carbocycles. The van der Waals surface area contributed by atoms with Crippen molar-refractivity contribution in [1.82, 2.24) is 4.90 Å². The second-order valence-corrected chi connectivity index (χ2v) is 7.23. The number of thiophene rings is 1. The van der Waals surface area contributed by atoms with Gasteiger partial charge < -0.3 is 10.0 Å². The van der Waals surface area contributed by atoms with E-state index >= 15 is 0 Å². The minimum absolute atomic E-state index is 0.102. The van der Waals surface area contributed by atoms with Crippen molar-refractivity contribution in [3.8, 4) is 10.4 Å². The molecule has 1 N–H and O–H groups in total. The molecular formula is C18H17NO3S. The predicted molar refractivity (Wildman–Crippen MR) is 88.9 cm³/mol. The zero-order valence-electron chi connectivity index (χ0n) is 12.6. The lowest BCUT2D eigenvalue weighted by atomic mass is 9.91. The van der Waals surface area contributed by atoms with E-state index in [-0.39, 0.29) is 18.5 Å². The van der Waals surface area contributed by atoms with Crippen molar-refractivity contribution in [2.45, 2.75) is 31.7 Å². The minimum atomic E-state index is -0.947. The Balaban J connectivity index is 1.68. The first-order valence-corrected chi connectivity index (χ1v) is 8.69. The summed E-state index contributed by atoms with van der Waals surface area (Å²) in [5.41, 5.74) is 3.75. The molecule has 0 spiro atoms. The third kappa shape index (κ3) is 2.65. The molecule has 118 valence electrons. The maximum Gasteiger partial charge on any atom is 0.323 e. The second-order valence-electron chi connectivity index (χ2n) is 6.18. The van der Waals surface area contributed by atoms with Crippen LogP contribution in [0.25, 0.3) is 10.4 Å². The number of aliphatic carboxylic acids is 1. The summed E-state index contributed by atoms with van der Waals surface area (Å²) in [6.07, 6.45) is 3.76. The topological polar surface area (TPSA) is 57.6 Å². The summed E-state index contributed by atoms with van der Waals surface area (Å²) in [6, 6.07) is 10.4. The summed E-state index contributed by atoms with van der Waals surface area (Å²) < 4.78 is 0. The predicted octanol–water partition coefficient (Wildman–Crippen LogP) is 3.20. The Morgan fingerprint density at radius 2 is 1.91 bits per heavy atom. The molecule has 1 aromatic heterocycles. The SMILES string of the molecule is O=C(O)CN(C(=O)c1cc2c(s1)-c1ccccc1CC2)C1CC1. The Kier molecular flexibility index (Phi) is 3.45. The van der Waals surface area contributed by atoms with Crippen molar-refractivity contribution >= 4 is 23.2 Å². The number of amides is 1. The third-order valence-corrected chi connectivity index (χ3v) is 5.70. The standard InChI is InChI=1S/C18H17NO3S/c20-16(21)10-19(13-7-8-13)18(22)15-9-12-6-5-11-3-1-2-4-14(11)17(12)23-15/h1-4,9,13H,5-8,10H2,(H,20,21). The van der Waals surface area contributed by atoms with Gasteiger partial charge in [-0.2, -0.15) is 0 Å². The number of aryl methyl sites for hydroxylation is 2. The van der Waals surface area contributed by atoms with Gasteiger partial charge >= 0.3 is 5.97 Å². The lowest BCUT2D eigenvalue weighted by molar-refractivity contribution is -0.137. The minimum Gasteiger partial charge on any atom is -0.480 e. The molecule has 1 amide bonds. The van der Waals surface area contributed by atoms with Crippen LogP contribution in [0.3, 0.4) is 0 Å². The van der Waals surface area contributed by atoms with Gasteiger partial charge in [-0.3, -0.25) is 9.59 Å². The molecule has 1 fully saturated rings. The molecule has 5 heteroatoms. The molecule has 2 aromatic rings. The van der Waals surface area contributed by atoms with Crippen molar-refractivity contribution in [3.05, 3.63) is 46.3 Å². The van der Waals surface area contributed by atoms with Crippen LogP contribution >= 0.6 is 11.3 Å². The third-order valence-electron chi connectivity index (χ3n) is 4.50. The molecule has 23 heavy (non-hydrogen) atoms. The number of hydrogen-bond donors (Lipinski definition) is 1. The second kappa shape index (κ2) is 5.49. The smallest absolute Gasteiger partial charge is 0.323 e. The number of rotatable bonds is 4. The Bertz CT molecular complexity index is 791. The molecule has 0 radical (unpaired) electrons. The number of carbonyl (C=O) groups excluding carboxylic acids is 1. The van der Waals surface area contributed by atoms with Crippen molar-refractivity contribution < 1.29 is 14.7 Å². The molecule has 0 atom stereocenters. The van der Waals surface area contributed by atoms with E-state index in [2.05, 4.69) is 12.1 Å². The summed E-state index contributed by atoms with van der Waals surface area (Å²) in [4.78, 5) is 27.2. The number of nitrogens with zero attached hydrogens (tertiary/aromatic N) is 1. The molecular weight excluding hydrogens is 310 g/mol. The van der Waals surface area contributed by atoms with Crippen molar-refractivity contribution in [2.24, 2.45) is 0 Å². The van der Waals surface area contributed by atoms with Crippen LogP contribution in [0.15, 0.2) is 30.3 Å². The van der Waals surface area contributed by atoms with E-state index in [4.69, 9.17) is 5.11 Å². The van der Waals surface area contributed by atoms with E-state index in [0.717, 1.165) is 25.7 Å². The fraction of sp³-hybridized carbons (Fsp3) is 0.333. The van der Waals surface area contributed by atoms with Crippen LogP contribution in [0, 0.1) is 0 Å². The Morgan fingerprint density at radius 1 is 1.17 bits per heavy atom. The highest BCUT2D eigenvalue weighted by Crippen LogP contribution is 2.40. The maximum absolute atomic E-state index is 12.8. The van der Waals surface area contributed by atoms with Gasteiger partial charge in [0, 0.05) is 10.9 Å². The van der Waals surface area contributed by atoms with Gasteiger partial charge in [-0.05, 0) is 48.4 Å². The average molecular weight is 327 g/mol. The molecule has 0 saturated heterocycles. The lowest BCUT2D eigenvalue weighted by Crippen LogP contribution is -2.37. The molecule has 1 saturated carbocycles. The van der Waals surface area contributed by atoms with E-state index in [0.29, 0.717) is 4.88 Å². The number of benzene rings is 1. The van der Waals surface area contributed by atoms with Gasteiger partial charge in [0.2, 0.25) is 0 Å². The summed E-state index contributed by atoms with van der Waals surface area (Å²) in [5.74, 6) is -1.08. The van der Waals surface area contributed by atoms with Gasteiger partial charge in [-0.15, -0.1) is 11.3 Å². The van der Waals surface area contributed by atoms with Gasteiger partial charge in [0.25, 0.3) is 5.91 Å². The van der Waals surface area contributed by atoms with Crippen LogP contribution in [0.5, 0.6) is 0 Å². The van der Waals surface area contributed by atoms with Crippen LogP contribution in [-0.2, 0) is 17.6 Å². The summed E-state index contributed by atoms with van der Waals surface area (Å²) in [7, 11) is 0. The number of fused-ring (bicyclic) bond motifs is 3. The zero-order chi connectivity index (χ0) is 16.0. The molecule has 0 unspecified atom stereocenters. The quantitative estimate of drug-likeness (QED) is 0.938. The number of carbonyl (C=O) groups is 2. The highest BCUT2D eigenvalue weighted by atomic mass is 32.1. The van der Waals surface area contributed by atoms with E-state index < -0.39 is 5.97 Å². The van der Waals surface area contributed by atoms with Gasteiger partial charge in [0.05, 0.1) is 4.88 Å². The summed E-state index contributed by atoms with van der Waals surface area (Å²) in [6.45, 7) is -0.206. The summed E-state index contributed by atoms with van der Waals surface area (Å²) in [5, 5.41) is 9.06. The average Bonchev–Trinajstić information content (AvgIpc) is 3.29. The van der Waals surface area contributed by atoms with E-state index in [1.807, 2.05) is 18.2 Å². The highest BCUT2D eigenvalue weighted by molar-refractivity contribution is 7.17. The van der Waals surface area contributed by atoms with Crippen LogP contribution in [-0.4, -0.2) is 34.5 Å². The van der Waals surface area contributed by atoms with Crippen molar-refractivity contribution in [3.63, 3.8) is 0 Å². The molecule has 0 aliphatic heterocycles. The van der Waals surface area contributed by atoms with E-state index in [9.17, 15) is 9.59 Å². The zero-order valence-corrected chi connectivity index (χ0v) is 13.4. The van der Waals surface area contributed by atoms with Crippen molar-refractivity contribution in [2.75, 3.05) is 6.54 Å². The number of carboxylic acid groups (broad SMARTS) is 1. The van der Waals surface area contributed by atoms with Gasteiger partial charge in [-0.25, -0.2) is 0 Å². The Labute approximate surface area is 138 Å². The fourth-order valence-corrected chi connectivity index (χ4v) is 4.44. The summed E-state index contributed by atoms with van der Waals surface area (Å²) >= 11 is 1.50. The van der Waals surface area contributed by atoms with Crippen LogP contribution in [0.2, 0.25) is 0 Å². The largest absolute Gasteiger partial charge is 0.480 e. The van der Waals surface area contributed by atoms with Gasteiger partial charge in [0.1, 0.15) is 6.54 Å². The first-order chi connectivity index (χ1) is 11.1. The lowest BCUT2D eigenvalue weighted by Gasteiger charge is -2.19. The molecule has 1 heterocycles. The monoisotopic (exact) mass is 327 g/mol. The number of carboxylic acids is 1. The fourth-order valence-electron chi connectivity index (χ4n) is 3.22. The van der Waals surface area contributed by atoms with E-state index in [1.165, 1.54) is 37.8 Å². The van der Waals surface area contributed by atoms with Crippen molar-refractivity contribution in [1.29, 1.82) is 0 Å². The van der Waals surface area contributed by atoms with Crippen LogP contribution < -0.4 is 0 Å². The maximum atomic E-state index is 12.8. The highest BCUT2D eigenvalue weighted by Gasteiger charge is 2.35. The van der Waals surface area contributed by atoms with Crippen LogP contribution in [0.4, 0.5) is 0 Å². The molecule has 4 rings (SSSR count). The first-order valence-electron chi connectivity index (χ1n) is 7.87. The van der Waals surface area contributed by atoms with E-state index in [1.54, 1.807) is 0 Å². The molecule has 1 aromatic carbocycles. The normalized spacial score (nSPS) is 15.7. The Hall–Kier alpha value is -2.14. The Morgan fingerprint density at radius 3 is 2.65 bits per heavy atom. The van der Waals surface area contributed by atoms with Crippen LogP contribution in [0.1, 0.15) is 33.6 Å². The molecule has 2 aliphatic rings.